The molecule has 28 heavy (non-hydrogen) atoms. The lowest BCUT2D eigenvalue weighted by Crippen LogP contribution is -2.13. The lowest BCUT2D eigenvalue weighted by molar-refractivity contribution is 0.0699. The van der Waals surface area contributed by atoms with Crippen molar-refractivity contribution in [3.8, 4) is 11.1 Å². The number of aromatic carboxylic acids is 1. The maximum Gasteiger partial charge on any atom is 0.339 e. The van der Waals surface area contributed by atoms with Gasteiger partial charge in [0.25, 0.3) is 5.91 Å². The molecule has 2 N–H and O–H groups in total. The van der Waals surface area contributed by atoms with E-state index in [4.69, 9.17) is 23.2 Å². The molecular weight excluding hydrogens is 437 g/mol. The highest BCUT2D eigenvalue weighted by molar-refractivity contribution is 7.17. The fourth-order valence-electron chi connectivity index (χ4n) is 2.91. The molecule has 4 aromatic rings. The fraction of sp³-hybridized carbons (Fsp3) is 0. The molecule has 0 aliphatic heterocycles. The molecule has 0 spiro atoms. The van der Waals surface area contributed by atoms with Gasteiger partial charge in [0.15, 0.2) is 0 Å². The zero-order chi connectivity index (χ0) is 19.8. The monoisotopic (exact) mass is 447 g/mol. The summed E-state index contributed by atoms with van der Waals surface area (Å²) in [7, 11) is 0. The Morgan fingerprint density at radius 1 is 0.964 bits per heavy atom. The van der Waals surface area contributed by atoms with Gasteiger partial charge in [0.2, 0.25) is 0 Å². The van der Waals surface area contributed by atoms with E-state index in [1.807, 2.05) is 24.3 Å². The number of carboxylic acids is 1. The van der Waals surface area contributed by atoms with Gasteiger partial charge in [-0.3, -0.25) is 4.79 Å². The number of carboxylic acid groups (broad SMARTS) is 1. The molecule has 0 saturated heterocycles. The van der Waals surface area contributed by atoms with E-state index >= 15 is 0 Å². The highest BCUT2D eigenvalue weighted by atomic mass is 35.5. The zero-order valence-corrected chi connectivity index (χ0v) is 17.2. The number of benzene rings is 2. The van der Waals surface area contributed by atoms with E-state index < -0.39 is 5.97 Å². The molecule has 4 rings (SSSR count). The molecule has 0 unspecified atom stereocenters. The van der Waals surface area contributed by atoms with Crippen LogP contribution < -0.4 is 5.32 Å². The Morgan fingerprint density at radius 2 is 1.68 bits per heavy atom. The Kier molecular flexibility index (Phi) is 5.12. The summed E-state index contributed by atoms with van der Waals surface area (Å²) in [6.45, 7) is 0. The molecule has 2 aromatic heterocycles. The summed E-state index contributed by atoms with van der Waals surface area (Å²) < 4.78 is 0.992. The van der Waals surface area contributed by atoms with Gasteiger partial charge in [0.05, 0.1) is 5.56 Å². The molecule has 1 amide bonds. The van der Waals surface area contributed by atoms with Crippen LogP contribution in [0.25, 0.3) is 21.2 Å². The molecule has 4 nitrogen and oxygen atoms in total. The van der Waals surface area contributed by atoms with Crippen LogP contribution in [-0.2, 0) is 0 Å². The number of rotatable bonds is 4. The van der Waals surface area contributed by atoms with Gasteiger partial charge in [-0.25, -0.2) is 4.79 Å². The van der Waals surface area contributed by atoms with Crippen LogP contribution in [0.5, 0.6) is 0 Å². The predicted molar refractivity (Wildman–Crippen MR) is 117 cm³/mol. The molecule has 0 atom stereocenters. The van der Waals surface area contributed by atoms with Gasteiger partial charge >= 0.3 is 5.97 Å². The minimum atomic E-state index is -1.14. The molecule has 2 aromatic carbocycles. The minimum absolute atomic E-state index is 0.0104. The Bertz CT molecular complexity index is 1210. The molecule has 0 saturated carbocycles. The van der Waals surface area contributed by atoms with Crippen LogP contribution >= 0.6 is 45.9 Å². The van der Waals surface area contributed by atoms with Gasteiger partial charge in [0.1, 0.15) is 10.6 Å². The van der Waals surface area contributed by atoms with Crippen molar-refractivity contribution in [3.63, 3.8) is 0 Å². The van der Waals surface area contributed by atoms with E-state index in [9.17, 15) is 14.7 Å². The molecule has 2 heterocycles. The van der Waals surface area contributed by atoms with E-state index in [2.05, 4.69) is 5.32 Å². The van der Waals surface area contributed by atoms with Crippen molar-refractivity contribution in [1.29, 1.82) is 0 Å². The smallest absolute Gasteiger partial charge is 0.339 e. The van der Waals surface area contributed by atoms with E-state index in [1.54, 1.807) is 29.0 Å². The third-order valence-corrected chi connectivity index (χ3v) is 6.43. The first-order valence-corrected chi connectivity index (χ1v) is 10.5. The van der Waals surface area contributed by atoms with Gasteiger partial charge in [-0.15, -0.1) is 22.7 Å². The van der Waals surface area contributed by atoms with Crippen molar-refractivity contribution in [3.05, 3.63) is 74.4 Å². The average Bonchev–Trinajstić information content (AvgIpc) is 3.25. The van der Waals surface area contributed by atoms with E-state index in [0.717, 1.165) is 21.4 Å². The number of carbonyl (C=O) groups is 2. The molecule has 8 heteroatoms. The summed E-state index contributed by atoms with van der Waals surface area (Å²) in [5.74, 6) is -1.49. The first kappa shape index (κ1) is 19.0. The Hall–Kier alpha value is -2.38. The molecule has 0 aliphatic carbocycles. The first-order chi connectivity index (χ1) is 13.4. The van der Waals surface area contributed by atoms with Gasteiger partial charge < -0.3 is 10.4 Å². The standard InChI is InChI=1S/C20H11Cl2NO3S2/c21-11-5-10(6-12(22)7-11)14-8-28-19(17(14)20(25)26)23-18(24)15-9-27-16-4-2-1-3-13(15)16/h1-9H,(H,23,24)(H,25,26). The van der Waals surface area contributed by atoms with Gasteiger partial charge in [-0.2, -0.15) is 0 Å². The van der Waals surface area contributed by atoms with Crippen LogP contribution in [0.4, 0.5) is 5.00 Å². The summed E-state index contributed by atoms with van der Waals surface area (Å²) in [6.07, 6.45) is 0. The summed E-state index contributed by atoms with van der Waals surface area (Å²) in [5.41, 5.74) is 1.55. The quantitative estimate of drug-likeness (QED) is 0.357. The number of halogens is 2. The Morgan fingerprint density at radius 3 is 2.39 bits per heavy atom. The van der Waals surface area contributed by atoms with Crippen LogP contribution in [0.1, 0.15) is 20.7 Å². The summed E-state index contributed by atoms with van der Waals surface area (Å²) in [5, 5.41) is 17.8. The lowest BCUT2D eigenvalue weighted by atomic mass is 10.0. The van der Waals surface area contributed by atoms with Crippen LogP contribution in [0, 0.1) is 0 Å². The highest BCUT2D eigenvalue weighted by Crippen LogP contribution is 2.38. The minimum Gasteiger partial charge on any atom is -0.478 e. The second kappa shape index (κ2) is 7.56. The second-order valence-corrected chi connectivity index (χ2v) is 8.58. The molecule has 0 fully saturated rings. The van der Waals surface area contributed by atoms with Crippen molar-refractivity contribution in [2.24, 2.45) is 0 Å². The van der Waals surface area contributed by atoms with E-state index in [0.29, 0.717) is 26.7 Å². The topological polar surface area (TPSA) is 66.4 Å². The van der Waals surface area contributed by atoms with Crippen molar-refractivity contribution in [2.45, 2.75) is 0 Å². The van der Waals surface area contributed by atoms with Crippen molar-refractivity contribution in [2.75, 3.05) is 5.32 Å². The normalized spacial score (nSPS) is 10.9. The van der Waals surface area contributed by atoms with Crippen LogP contribution in [-0.4, -0.2) is 17.0 Å². The lowest BCUT2D eigenvalue weighted by Gasteiger charge is -2.06. The second-order valence-electron chi connectivity index (χ2n) is 5.92. The molecule has 0 radical (unpaired) electrons. The number of fused-ring (bicyclic) bond motifs is 1. The van der Waals surface area contributed by atoms with Crippen LogP contribution in [0.2, 0.25) is 10.0 Å². The number of amides is 1. The number of carbonyl (C=O) groups excluding carboxylic acids is 1. The van der Waals surface area contributed by atoms with Crippen molar-refractivity contribution >= 4 is 72.8 Å². The molecular formula is C20H11Cl2NO3S2. The summed E-state index contributed by atoms with van der Waals surface area (Å²) in [4.78, 5) is 24.7. The third-order valence-electron chi connectivity index (χ3n) is 4.13. The number of nitrogens with one attached hydrogen (secondary N) is 1. The SMILES string of the molecule is O=C(O)c1c(-c2cc(Cl)cc(Cl)c2)csc1NC(=O)c1csc2ccccc12. The van der Waals surface area contributed by atoms with E-state index in [-0.39, 0.29) is 16.5 Å². The zero-order valence-electron chi connectivity index (χ0n) is 14.0. The maximum absolute atomic E-state index is 12.8. The summed E-state index contributed by atoms with van der Waals surface area (Å²) >= 11 is 14.7. The fourth-order valence-corrected chi connectivity index (χ4v) is 5.33. The van der Waals surface area contributed by atoms with Crippen molar-refractivity contribution in [1.82, 2.24) is 0 Å². The Balaban J connectivity index is 1.73. The van der Waals surface area contributed by atoms with Gasteiger partial charge in [0, 0.05) is 36.5 Å². The van der Waals surface area contributed by atoms with Crippen LogP contribution in [0.3, 0.4) is 0 Å². The average molecular weight is 448 g/mol. The molecule has 0 bridgehead atoms. The van der Waals surface area contributed by atoms with Gasteiger partial charge in [-0.1, -0.05) is 41.4 Å². The highest BCUT2D eigenvalue weighted by Gasteiger charge is 2.23. The molecule has 0 aliphatic rings. The number of thiophene rings is 2. The Labute approximate surface area is 178 Å². The first-order valence-electron chi connectivity index (χ1n) is 8.03. The molecule has 140 valence electrons. The third kappa shape index (κ3) is 3.52. The van der Waals surface area contributed by atoms with Crippen LogP contribution in [0.15, 0.2) is 53.2 Å². The predicted octanol–water partition coefficient (Wildman–Crippen LogP) is 6.89. The van der Waals surface area contributed by atoms with E-state index in [1.165, 1.54) is 11.3 Å². The van der Waals surface area contributed by atoms with Gasteiger partial charge in [-0.05, 0) is 29.8 Å². The van der Waals surface area contributed by atoms with Crippen molar-refractivity contribution < 1.29 is 14.7 Å². The number of anilines is 1. The number of hydrogen-bond donors (Lipinski definition) is 2. The number of hydrogen-bond acceptors (Lipinski definition) is 4. The largest absolute Gasteiger partial charge is 0.478 e. The maximum atomic E-state index is 12.8. The summed E-state index contributed by atoms with van der Waals surface area (Å²) in [6, 6.07) is 12.4.